The minimum absolute atomic E-state index is 0. The molecule has 0 aliphatic heterocycles. The van der Waals surface area contributed by atoms with Crippen LogP contribution in [-0.4, -0.2) is 68.0 Å². The lowest BCUT2D eigenvalue weighted by atomic mass is 10.2. The molecule has 5 N–H and O–H groups in total. The van der Waals surface area contributed by atoms with Gasteiger partial charge in [-0.05, 0) is 19.4 Å². The second kappa shape index (κ2) is 16.9. The predicted molar refractivity (Wildman–Crippen MR) is 113 cm³/mol. The Labute approximate surface area is 187 Å². The van der Waals surface area contributed by atoms with Crippen molar-refractivity contribution in [3.05, 3.63) is 35.9 Å². The lowest BCUT2D eigenvalue weighted by Gasteiger charge is -2.18. The number of aliphatic hydroxyl groups is 1. The zero-order chi connectivity index (χ0) is 23.1. The molecule has 31 heavy (non-hydrogen) atoms. The number of halogens is 1. The standard InChI is InChI=1S/C15H20N2O6.C4H9NO2.ClH/c1-10(14(20)22-2)16-13(19)12(8-18)17-15(21)23-9-11-6-4-3-5-7-11;1-3(5)4(6)7-2;/h3-7,10,12,18H,8-9H2,1-2H3,(H,16,19)(H,17,21);3H,5H2,1-2H3;1H/t10-,12+;3-;/m11./s1. The van der Waals surface area contributed by atoms with Crippen molar-refractivity contribution in [2.45, 2.75) is 38.6 Å². The average Bonchev–Trinajstić information content (AvgIpc) is 2.75. The van der Waals surface area contributed by atoms with Gasteiger partial charge in [-0.25, -0.2) is 9.59 Å². The van der Waals surface area contributed by atoms with Crippen LogP contribution in [0, 0.1) is 0 Å². The maximum Gasteiger partial charge on any atom is 0.408 e. The molecule has 1 rings (SSSR count). The highest BCUT2D eigenvalue weighted by atomic mass is 35.5. The minimum atomic E-state index is -1.23. The summed E-state index contributed by atoms with van der Waals surface area (Å²) in [7, 11) is 2.50. The van der Waals surface area contributed by atoms with Crippen LogP contribution in [0.25, 0.3) is 0 Å². The van der Waals surface area contributed by atoms with Gasteiger partial charge < -0.3 is 35.7 Å². The van der Waals surface area contributed by atoms with Crippen molar-refractivity contribution in [1.29, 1.82) is 0 Å². The number of hydrogen-bond acceptors (Lipinski definition) is 9. The third kappa shape index (κ3) is 13.1. The van der Waals surface area contributed by atoms with Crippen molar-refractivity contribution in [3.63, 3.8) is 0 Å². The first-order valence-corrected chi connectivity index (χ1v) is 8.95. The highest BCUT2D eigenvalue weighted by Crippen LogP contribution is 2.01. The zero-order valence-electron chi connectivity index (χ0n) is 17.8. The van der Waals surface area contributed by atoms with Gasteiger partial charge in [0.05, 0.1) is 20.8 Å². The van der Waals surface area contributed by atoms with Gasteiger partial charge in [-0.1, -0.05) is 30.3 Å². The molecule has 0 fully saturated rings. The molecule has 0 aliphatic carbocycles. The molecule has 0 heterocycles. The van der Waals surface area contributed by atoms with E-state index in [0.29, 0.717) is 0 Å². The van der Waals surface area contributed by atoms with E-state index in [1.165, 1.54) is 21.1 Å². The fourth-order valence-corrected chi connectivity index (χ4v) is 1.84. The van der Waals surface area contributed by atoms with Crippen LogP contribution in [0.2, 0.25) is 0 Å². The van der Waals surface area contributed by atoms with Gasteiger partial charge in [0.2, 0.25) is 5.91 Å². The molecule has 0 radical (unpaired) electrons. The molecule has 1 aromatic carbocycles. The SMILES string of the molecule is COC(=O)[C@@H](C)N.COC(=O)[C@@H](C)NC(=O)[C@H](CO)NC(=O)OCc1ccccc1.Cl. The summed E-state index contributed by atoms with van der Waals surface area (Å²) < 4.78 is 13.7. The number of alkyl carbamates (subject to hydrolysis) is 1. The van der Waals surface area contributed by atoms with Crippen LogP contribution in [0.15, 0.2) is 30.3 Å². The van der Waals surface area contributed by atoms with Crippen LogP contribution in [0.3, 0.4) is 0 Å². The number of esters is 2. The molecular formula is C19H30ClN3O8. The van der Waals surface area contributed by atoms with Gasteiger partial charge in [0.1, 0.15) is 24.7 Å². The van der Waals surface area contributed by atoms with Crippen molar-refractivity contribution in [2.75, 3.05) is 20.8 Å². The number of nitrogens with one attached hydrogen (secondary N) is 2. The zero-order valence-corrected chi connectivity index (χ0v) is 18.6. The molecule has 0 aliphatic rings. The number of carbonyl (C=O) groups is 4. The normalized spacial score (nSPS) is 12.3. The van der Waals surface area contributed by atoms with Gasteiger partial charge >= 0.3 is 18.0 Å². The molecule has 176 valence electrons. The second-order valence-corrected chi connectivity index (χ2v) is 6.01. The molecule has 11 nitrogen and oxygen atoms in total. The summed E-state index contributed by atoms with van der Waals surface area (Å²) in [6, 6.07) is 6.37. The van der Waals surface area contributed by atoms with E-state index in [0.717, 1.165) is 5.56 Å². The van der Waals surface area contributed by atoms with Crippen molar-refractivity contribution in [2.24, 2.45) is 5.73 Å². The first kappa shape index (κ1) is 30.3. The molecule has 0 unspecified atom stereocenters. The Bertz CT molecular complexity index is 688. The van der Waals surface area contributed by atoms with Gasteiger partial charge in [0.25, 0.3) is 0 Å². The molecule has 0 saturated carbocycles. The predicted octanol–water partition coefficient (Wildman–Crippen LogP) is -0.120. The van der Waals surface area contributed by atoms with E-state index in [1.807, 2.05) is 6.07 Å². The Balaban J connectivity index is 0. The molecule has 0 aromatic heterocycles. The van der Waals surface area contributed by atoms with E-state index in [-0.39, 0.29) is 25.0 Å². The number of benzene rings is 1. The Morgan fingerprint density at radius 2 is 1.55 bits per heavy atom. The van der Waals surface area contributed by atoms with Crippen LogP contribution >= 0.6 is 12.4 Å². The number of nitrogens with two attached hydrogens (primary N) is 1. The van der Waals surface area contributed by atoms with Crippen LogP contribution in [0.1, 0.15) is 19.4 Å². The summed E-state index contributed by atoms with van der Waals surface area (Å²) in [4.78, 5) is 44.9. The molecule has 2 amide bonds. The maximum absolute atomic E-state index is 11.9. The van der Waals surface area contributed by atoms with Crippen LogP contribution in [0.5, 0.6) is 0 Å². The topological polar surface area (TPSA) is 166 Å². The number of ether oxygens (including phenoxy) is 3. The van der Waals surface area contributed by atoms with Crippen molar-refractivity contribution >= 4 is 36.3 Å². The maximum atomic E-state index is 11.9. The van der Waals surface area contributed by atoms with E-state index in [2.05, 4.69) is 20.1 Å². The lowest BCUT2D eigenvalue weighted by molar-refractivity contribution is -0.144. The molecule has 0 saturated heterocycles. The summed E-state index contributed by atoms with van der Waals surface area (Å²) in [5.41, 5.74) is 5.86. The smallest absolute Gasteiger partial charge is 0.408 e. The number of hydrogen-bond donors (Lipinski definition) is 4. The summed E-state index contributed by atoms with van der Waals surface area (Å²) in [6.07, 6.45) is -0.853. The lowest BCUT2D eigenvalue weighted by Crippen LogP contribution is -2.52. The Hall–Kier alpha value is -2.89. The Kier molecular flexibility index (Phi) is 16.5. The third-order valence-corrected chi connectivity index (χ3v) is 3.49. The quantitative estimate of drug-likeness (QED) is 0.303. The summed E-state index contributed by atoms with van der Waals surface area (Å²) in [5.74, 6) is -1.73. The average molecular weight is 464 g/mol. The van der Waals surface area contributed by atoms with E-state index in [9.17, 15) is 24.3 Å². The molecule has 3 atom stereocenters. The number of carbonyl (C=O) groups excluding carboxylic acids is 4. The van der Waals surface area contributed by atoms with Crippen molar-refractivity contribution < 1.29 is 38.5 Å². The third-order valence-electron chi connectivity index (χ3n) is 3.49. The second-order valence-electron chi connectivity index (χ2n) is 6.01. The fourth-order valence-electron chi connectivity index (χ4n) is 1.84. The largest absolute Gasteiger partial charge is 0.468 e. The highest BCUT2D eigenvalue weighted by molar-refractivity contribution is 5.89. The van der Waals surface area contributed by atoms with Gasteiger partial charge in [0.15, 0.2) is 0 Å². The molecule has 12 heteroatoms. The van der Waals surface area contributed by atoms with Gasteiger partial charge in [-0.3, -0.25) is 9.59 Å². The van der Waals surface area contributed by atoms with E-state index in [1.54, 1.807) is 31.2 Å². The van der Waals surface area contributed by atoms with Gasteiger partial charge in [-0.15, -0.1) is 12.4 Å². The minimum Gasteiger partial charge on any atom is -0.468 e. The number of amides is 2. The van der Waals surface area contributed by atoms with Gasteiger partial charge in [-0.2, -0.15) is 0 Å². The molecular weight excluding hydrogens is 434 g/mol. The van der Waals surface area contributed by atoms with E-state index in [4.69, 9.17) is 10.5 Å². The van der Waals surface area contributed by atoms with Crippen LogP contribution < -0.4 is 16.4 Å². The van der Waals surface area contributed by atoms with E-state index >= 15 is 0 Å². The molecule has 1 aromatic rings. The molecule has 0 bridgehead atoms. The number of rotatable bonds is 8. The molecule has 0 spiro atoms. The van der Waals surface area contributed by atoms with E-state index < -0.39 is 42.7 Å². The number of aliphatic hydroxyl groups excluding tert-OH is 1. The Morgan fingerprint density at radius 1 is 1.00 bits per heavy atom. The summed E-state index contributed by atoms with van der Waals surface area (Å²) in [6.45, 7) is 2.39. The van der Waals surface area contributed by atoms with Gasteiger partial charge in [0, 0.05) is 0 Å². The van der Waals surface area contributed by atoms with Crippen molar-refractivity contribution in [1.82, 2.24) is 10.6 Å². The fraction of sp³-hybridized carbons (Fsp3) is 0.474. The number of methoxy groups -OCH3 is 2. The summed E-state index contributed by atoms with van der Waals surface area (Å²) in [5, 5.41) is 13.7. The van der Waals surface area contributed by atoms with Crippen LogP contribution in [-0.2, 0) is 35.2 Å². The monoisotopic (exact) mass is 463 g/mol. The first-order valence-electron chi connectivity index (χ1n) is 8.95. The highest BCUT2D eigenvalue weighted by Gasteiger charge is 2.24. The van der Waals surface area contributed by atoms with Crippen molar-refractivity contribution in [3.8, 4) is 0 Å². The Morgan fingerprint density at radius 3 is 1.97 bits per heavy atom. The van der Waals surface area contributed by atoms with Crippen LogP contribution in [0.4, 0.5) is 4.79 Å². The summed E-state index contributed by atoms with van der Waals surface area (Å²) >= 11 is 0. The first-order chi connectivity index (χ1) is 14.2.